The molecule has 3 N–H and O–H groups in total. The van der Waals surface area contributed by atoms with Gasteiger partial charge in [-0.3, -0.25) is 4.79 Å². The van der Waals surface area contributed by atoms with E-state index in [0.29, 0.717) is 29.9 Å². The maximum absolute atomic E-state index is 12.9. The summed E-state index contributed by atoms with van der Waals surface area (Å²) < 4.78 is 43.8. The molecule has 0 bridgehead atoms. The molecule has 6 nitrogen and oxygen atoms in total. The predicted octanol–water partition coefficient (Wildman–Crippen LogP) is 4.68. The average molecular weight is 461 g/mol. The van der Waals surface area contributed by atoms with E-state index in [-0.39, 0.29) is 17.1 Å². The van der Waals surface area contributed by atoms with Gasteiger partial charge in [-0.25, -0.2) is 4.99 Å². The number of allylic oxidation sites excluding steroid dienone is 1. The minimum Gasteiger partial charge on any atom is -0.497 e. The van der Waals surface area contributed by atoms with Crippen LogP contribution >= 0.6 is 0 Å². The van der Waals surface area contributed by atoms with Gasteiger partial charge in [-0.15, -0.1) is 0 Å². The molecule has 0 spiro atoms. The number of benzene rings is 2. The van der Waals surface area contributed by atoms with Crippen molar-refractivity contribution in [3.05, 3.63) is 76.6 Å². The van der Waals surface area contributed by atoms with Crippen LogP contribution in [0, 0.1) is 5.41 Å². The van der Waals surface area contributed by atoms with Crippen LogP contribution in [0.5, 0.6) is 5.75 Å². The van der Waals surface area contributed by atoms with E-state index >= 15 is 0 Å². The van der Waals surface area contributed by atoms with E-state index in [4.69, 9.17) is 10.1 Å². The minimum atomic E-state index is -4.42. The molecule has 0 fully saturated rings. The molecule has 9 heteroatoms. The van der Waals surface area contributed by atoms with Crippen LogP contribution in [0.25, 0.3) is 0 Å². The van der Waals surface area contributed by atoms with Crippen molar-refractivity contribution in [2.24, 2.45) is 4.99 Å². The molecule has 2 aromatic rings. The second-order valence-corrected chi connectivity index (χ2v) is 7.33. The molecular formula is C24H27F3N4O2. The number of aldehydes is 1. The van der Waals surface area contributed by atoms with E-state index in [1.54, 1.807) is 21.1 Å². The van der Waals surface area contributed by atoms with Crippen LogP contribution < -0.4 is 15.4 Å². The minimum absolute atomic E-state index is 0.00713. The number of carbonyl (C=O) groups excluding carboxylic acids is 1. The van der Waals surface area contributed by atoms with Crippen molar-refractivity contribution in [2.75, 3.05) is 14.2 Å². The molecule has 0 aliphatic heterocycles. The van der Waals surface area contributed by atoms with Crippen LogP contribution in [0.1, 0.15) is 36.6 Å². The third kappa shape index (κ3) is 7.20. The van der Waals surface area contributed by atoms with Crippen molar-refractivity contribution >= 4 is 17.8 Å². The number of likely N-dealkylation sites (N-methyl/N-ethyl adjacent to an activating group) is 1. The van der Waals surface area contributed by atoms with Gasteiger partial charge in [0.25, 0.3) is 0 Å². The number of methoxy groups -OCH3 is 1. The lowest BCUT2D eigenvalue weighted by molar-refractivity contribution is -0.137. The number of hydrogen-bond acceptors (Lipinski definition) is 5. The van der Waals surface area contributed by atoms with E-state index in [2.05, 4.69) is 15.6 Å². The SMILES string of the molecule is CN/C(Cc1cccc(OC)c1)=N\C(NC(C)c1ccc(C(F)(F)F)cc1)=C(/C=O)C(C)=N. The molecule has 1 atom stereocenters. The predicted molar refractivity (Wildman–Crippen MR) is 123 cm³/mol. The van der Waals surface area contributed by atoms with Crippen LogP contribution in [-0.2, 0) is 17.4 Å². The van der Waals surface area contributed by atoms with Crippen LogP contribution in [0.15, 0.2) is 64.9 Å². The largest absolute Gasteiger partial charge is 0.497 e. The summed E-state index contributed by atoms with van der Waals surface area (Å²) in [6.45, 7) is 3.20. The Balaban J connectivity index is 2.37. The Kier molecular flexibility index (Phi) is 8.78. The molecule has 0 saturated heterocycles. The fourth-order valence-electron chi connectivity index (χ4n) is 3.04. The summed E-state index contributed by atoms with van der Waals surface area (Å²) in [5, 5.41) is 14.0. The van der Waals surface area contributed by atoms with Gasteiger partial charge < -0.3 is 20.8 Å². The van der Waals surface area contributed by atoms with Crippen molar-refractivity contribution in [3.8, 4) is 5.75 Å². The molecule has 0 aromatic heterocycles. The summed E-state index contributed by atoms with van der Waals surface area (Å²) >= 11 is 0. The average Bonchev–Trinajstić information content (AvgIpc) is 2.78. The molecule has 176 valence electrons. The Labute approximate surface area is 191 Å². The highest BCUT2D eigenvalue weighted by atomic mass is 19.4. The number of hydrogen-bond donors (Lipinski definition) is 3. The molecular weight excluding hydrogens is 433 g/mol. The number of nitrogens with one attached hydrogen (secondary N) is 3. The monoisotopic (exact) mass is 460 g/mol. The van der Waals surface area contributed by atoms with Gasteiger partial charge >= 0.3 is 6.18 Å². The lowest BCUT2D eigenvalue weighted by Crippen LogP contribution is -2.26. The van der Waals surface area contributed by atoms with Gasteiger partial charge in [-0.2, -0.15) is 13.2 Å². The number of aliphatic imine (C=N–C) groups is 1. The summed E-state index contributed by atoms with van der Waals surface area (Å²) in [6, 6.07) is 11.7. The lowest BCUT2D eigenvalue weighted by atomic mass is 10.1. The second-order valence-electron chi connectivity index (χ2n) is 7.33. The molecule has 0 heterocycles. The number of carbonyl (C=O) groups is 1. The third-order valence-corrected chi connectivity index (χ3v) is 4.91. The van der Waals surface area contributed by atoms with E-state index in [0.717, 1.165) is 17.7 Å². The first kappa shape index (κ1) is 25.6. The zero-order valence-corrected chi connectivity index (χ0v) is 18.9. The number of amidine groups is 1. The fraction of sp³-hybridized carbons (Fsp3) is 0.292. The number of alkyl halides is 3. The number of ether oxygens (including phenoxy) is 1. The molecule has 33 heavy (non-hydrogen) atoms. The summed E-state index contributed by atoms with van der Waals surface area (Å²) in [6.07, 6.45) is -3.49. The Morgan fingerprint density at radius 3 is 2.39 bits per heavy atom. The summed E-state index contributed by atoms with van der Waals surface area (Å²) in [5.74, 6) is 1.36. The van der Waals surface area contributed by atoms with Gasteiger partial charge in [0, 0.05) is 25.2 Å². The molecule has 2 aromatic carbocycles. The molecule has 0 aliphatic carbocycles. The molecule has 0 aliphatic rings. The highest BCUT2D eigenvalue weighted by Gasteiger charge is 2.30. The van der Waals surface area contributed by atoms with Gasteiger partial charge in [-0.1, -0.05) is 24.3 Å². The first-order valence-electron chi connectivity index (χ1n) is 10.2. The lowest BCUT2D eigenvalue weighted by Gasteiger charge is -2.19. The number of rotatable bonds is 9. The normalized spacial score (nSPS) is 13.6. The van der Waals surface area contributed by atoms with Crippen LogP contribution in [0.4, 0.5) is 13.2 Å². The second kappa shape index (κ2) is 11.3. The van der Waals surface area contributed by atoms with E-state index in [1.807, 2.05) is 24.3 Å². The van der Waals surface area contributed by atoms with E-state index < -0.39 is 17.8 Å². The standard InChI is InChI=1S/C24H27F3N4O2/c1-15(28)21(14-32)23(30-16(2)18-8-10-19(11-9-18)24(25,26)27)31-22(29-3)13-17-6-5-7-20(12-17)33-4/h5-12,14,16,28,30H,13H2,1-4H3,(H,29,31)/b23-21+,28-15?. The van der Waals surface area contributed by atoms with Crippen LogP contribution in [0.3, 0.4) is 0 Å². The van der Waals surface area contributed by atoms with Crippen molar-refractivity contribution in [3.63, 3.8) is 0 Å². The first-order chi connectivity index (χ1) is 15.6. The van der Waals surface area contributed by atoms with Crippen molar-refractivity contribution in [2.45, 2.75) is 32.5 Å². The van der Waals surface area contributed by atoms with E-state index in [1.165, 1.54) is 19.1 Å². The highest BCUT2D eigenvalue weighted by Crippen LogP contribution is 2.30. The van der Waals surface area contributed by atoms with Gasteiger partial charge in [0.2, 0.25) is 0 Å². The zero-order valence-electron chi connectivity index (χ0n) is 18.9. The maximum atomic E-state index is 12.9. The maximum Gasteiger partial charge on any atom is 0.416 e. The fourth-order valence-corrected chi connectivity index (χ4v) is 3.04. The van der Waals surface area contributed by atoms with Gasteiger partial charge in [0.1, 0.15) is 17.4 Å². The number of halogens is 3. The van der Waals surface area contributed by atoms with Gasteiger partial charge in [0.05, 0.1) is 18.2 Å². The van der Waals surface area contributed by atoms with Crippen molar-refractivity contribution < 1.29 is 22.7 Å². The zero-order chi connectivity index (χ0) is 24.6. The molecule has 1 unspecified atom stereocenters. The van der Waals surface area contributed by atoms with Crippen molar-refractivity contribution in [1.29, 1.82) is 5.41 Å². The van der Waals surface area contributed by atoms with E-state index in [9.17, 15) is 18.0 Å². The van der Waals surface area contributed by atoms with Gasteiger partial charge in [0.15, 0.2) is 6.29 Å². The first-order valence-corrected chi connectivity index (χ1v) is 10.2. The topological polar surface area (TPSA) is 86.6 Å². The Bertz CT molecular complexity index is 1040. The highest BCUT2D eigenvalue weighted by molar-refractivity contribution is 6.12. The quantitative estimate of drug-likeness (QED) is 0.220. The van der Waals surface area contributed by atoms with Crippen molar-refractivity contribution in [1.82, 2.24) is 10.6 Å². The number of nitrogens with zero attached hydrogens (tertiary/aromatic N) is 1. The van der Waals surface area contributed by atoms with Crippen LogP contribution in [0.2, 0.25) is 0 Å². The summed E-state index contributed by atoms with van der Waals surface area (Å²) in [7, 11) is 3.26. The molecule has 2 rings (SSSR count). The van der Waals surface area contributed by atoms with Crippen LogP contribution in [-0.4, -0.2) is 32.0 Å². The van der Waals surface area contributed by atoms with Gasteiger partial charge in [-0.05, 0) is 49.2 Å². The Hall–Kier alpha value is -3.62. The smallest absolute Gasteiger partial charge is 0.416 e. The summed E-state index contributed by atoms with van der Waals surface area (Å²) in [4.78, 5) is 16.2. The molecule has 0 amide bonds. The molecule has 0 saturated carbocycles. The Morgan fingerprint density at radius 2 is 1.88 bits per heavy atom. The molecule has 0 radical (unpaired) electrons. The summed E-state index contributed by atoms with van der Waals surface area (Å²) in [5.41, 5.74) is 0.797. The Morgan fingerprint density at radius 1 is 1.21 bits per heavy atom. The third-order valence-electron chi connectivity index (χ3n) is 4.91.